The molecule has 0 spiro atoms. The molecule has 10 rings (SSSR count). The number of ether oxygens (including phenoxy) is 1. The maximum Gasteiger partial charge on any atom is 0.135 e. The summed E-state index contributed by atoms with van der Waals surface area (Å²) >= 11 is 0. The third-order valence-corrected chi connectivity index (χ3v) is 10.4. The first kappa shape index (κ1) is 26.4. The van der Waals surface area contributed by atoms with Crippen molar-refractivity contribution in [2.75, 3.05) is 0 Å². The average molecular weight is 607 g/mol. The van der Waals surface area contributed by atoms with Gasteiger partial charge in [0.1, 0.15) is 22.9 Å². The third-order valence-electron chi connectivity index (χ3n) is 10.4. The highest BCUT2D eigenvalue weighted by Gasteiger charge is 2.36. The van der Waals surface area contributed by atoms with Gasteiger partial charge in [-0.3, -0.25) is 0 Å². The Hall–Kier alpha value is -5.79. The van der Waals surface area contributed by atoms with Crippen molar-refractivity contribution in [2.45, 2.75) is 30.8 Å². The molecule has 3 aliphatic rings. The zero-order chi connectivity index (χ0) is 31.1. The van der Waals surface area contributed by atoms with Crippen LogP contribution in [0.2, 0.25) is 0 Å². The molecule has 0 fully saturated rings. The molecule has 2 aliphatic carbocycles. The topological polar surface area (TPSA) is 51.1 Å². The lowest BCUT2D eigenvalue weighted by Crippen LogP contribution is -2.32. The van der Waals surface area contributed by atoms with E-state index in [0.29, 0.717) is 0 Å². The molecule has 1 aliphatic heterocycles. The second-order valence-electron chi connectivity index (χ2n) is 13.0. The van der Waals surface area contributed by atoms with Gasteiger partial charge in [-0.05, 0) is 65.9 Å². The Kier molecular flexibility index (Phi) is 5.68. The first-order valence-corrected chi connectivity index (χ1v) is 16.5. The van der Waals surface area contributed by atoms with Gasteiger partial charge in [0.2, 0.25) is 0 Å². The van der Waals surface area contributed by atoms with E-state index < -0.39 is 0 Å². The highest BCUT2D eigenvalue weighted by molar-refractivity contribution is 6.10. The summed E-state index contributed by atoms with van der Waals surface area (Å²) in [6.45, 7) is 0. The van der Waals surface area contributed by atoms with Crippen molar-refractivity contribution < 1.29 is 9.15 Å². The molecule has 0 amide bonds. The van der Waals surface area contributed by atoms with Gasteiger partial charge in [-0.2, -0.15) is 5.26 Å². The molecule has 0 bridgehead atoms. The number of nitriles is 1. The largest absolute Gasteiger partial charge is 0.485 e. The number of nitrogens with zero attached hydrogens (tertiary/aromatic N) is 2. The fourth-order valence-corrected chi connectivity index (χ4v) is 8.21. The molecule has 224 valence electrons. The number of hydrogen-bond acceptors (Lipinski definition) is 3. The summed E-state index contributed by atoms with van der Waals surface area (Å²) in [7, 11) is 0. The van der Waals surface area contributed by atoms with Crippen molar-refractivity contribution in [1.82, 2.24) is 4.57 Å². The third kappa shape index (κ3) is 4.00. The summed E-state index contributed by atoms with van der Waals surface area (Å²) in [5.41, 5.74) is 10.2. The molecular formula is C43H30N2O2. The maximum atomic E-state index is 10.0. The van der Waals surface area contributed by atoms with Crippen molar-refractivity contribution in [3.63, 3.8) is 0 Å². The van der Waals surface area contributed by atoms with Gasteiger partial charge in [0, 0.05) is 50.5 Å². The normalized spacial score (nSPS) is 21.2. The molecule has 47 heavy (non-hydrogen) atoms. The number of hydrogen-bond donors (Lipinski definition) is 0. The number of rotatable bonds is 3. The molecule has 0 N–H and O–H groups in total. The number of allylic oxidation sites excluding steroid dienone is 2. The predicted octanol–water partition coefficient (Wildman–Crippen LogP) is 8.89. The Morgan fingerprint density at radius 1 is 0.681 bits per heavy atom. The smallest absolute Gasteiger partial charge is 0.135 e. The van der Waals surface area contributed by atoms with Gasteiger partial charge >= 0.3 is 0 Å². The first-order chi connectivity index (χ1) is 23.2. The summed E-state index contributed by atoms with van der Waals surface area (Å²) in [5, 5.41) is 14.8. The van der Waals surface area contributed by atoms with Gasteiger partial charge in [-0.1, -0.05) is 91.0 Å². The fourth-order valence-electron chi connectivity index (χ4n) is 8.21. The molecular weight excluding hydrogens is 576 g/mol. The predicted molar refractivity (Wildman–Crippen MR) is 188 cm³/mol. The summed E-state index contributed by atoms with van der Waals surface area (Å²) in [6.07, 6.45) is 8.37. The highest BCUT2D eigenvalue weighted by Crippen LogP contribution is 2.47. The summed E-state index contributed by atoms with van der Waals surface area (Å²) < 4.78 is 15.3. The van der Waals surface area contributed by atoms with Crippen LogP contribution in [0.5, 0.6) is 5.75 Å². The van der Waals surface area contributed by atoms with Crippen LogP contribution in [0.15, 0.2) is 126 Å². The SMILES string of the molecule is N#CC1C=C(n2c3ccccc3c3ccccc32)C(c2ccc3c(c2)C2C=c4c(oc5ccc(-c6ccccc6)cc45)=CC2O3)CC1. The van der Waals surface area contributed by atoms with E-state index in [1.54, 1.807) is 0 Å². The second kappa shape index (κ2) is 10.1. The van der Waals surface area contributed by atoms with Crippen molar-refractivity contribution in [2.24, 2.45) is 5.92 Å². The number of fused-ring (bicyclic) bond motifs is 9. The Balaban J connectivity index is 1.10. The van der Waals surface area contributed by atoms with Gasteiger partial charge in [-0.25, -0.2) is 0 Å². The minimum Gasteiger partial charge on any atom is -0.485 e. The van der Waals surface area contributed by atoms with Crippen LogP contribution >= 0.6 is 0 Å². The Labute approximate surface area is 271 Å². The molecule has 5 aromatic carbocycles. The van der Waals surface area contributed by atoms with E-state index in [1.165, 1.54) is 49.8 Å². The van der Waals surface area contributed by atoms with Crippen LogP contribution in [-0.4, -0.2) is 10.7 Å². The van der Waals surface area contributed by atoms with E-state index in [0.717, 1.165) is 40.2 Å². The van der Waals surface area contributed by atoms with E-state index in [-0.39, 0.29) is 23.9 Å². The summed E-state index contributed by atoms with van der Waals surface area (Å²) in [4.78, 5) is 0. The molecule has 0 saturated carbocycles. The molecule has 7 aromatic rings. The lowest BCUT2D eigenvalue weighted by molar-refractivity contribution is 0.286. The van der Waals surface area contributed by atoms with Crippen LogP contribution in [0.1, 0.15) is 35.8 Å². The average Bonchev–Trinajstić information content (AvgIpc) is 3.79. The number of para-hydroxylation sites is 2. The molecule has 3 heterocycles. The van der Waals surface area contributed by atoms with Crippen LogP contribution in [0, 0.1) is 17.2 Å². The molecule has 4 nitrogen and oxygen atoms in total. The Bertz CT molecular complexity index is 2550. The fraction of sp³-hybridized carbons (Fsp3) is 0.140. The van der Waals surface area contributed by atoms with E-state index in [4.69, 9.17) is 9.15 Å². The van der Waals surface area contributed by atoms with Crippen LogP contribution in [0.25, 0.3) is 61.8 Å². The van der Waals surface area contributed by atoms with Crippen molar-refractivity contribution in [3.05, 3.63) is 143 Å². The number of aromatic nitrogens is 1. The zero-order valence-corrected chi connectivity index (χ0v) is 25.6. The molecule has 2 aromatic heterocycles. The molecule has 4 heteroatoms. The van der Waals surface area contributed by atoms with Gasteiger partial charge in [0.25, 0.3) is 0 Å². The van der Waals surface area contributed by atoms with Gasteiger partial charge in [0.15, 0.2) is 0 Å². The van der Waals surface area contributed by atoms with E-state index in [2.05, 4.69) is 138 Å². The lowest BCUT2D eigenvalue weighted by atomic mass is 9.80. The number of furan rings is 1. The van der Waals surface area contributed by atoms with Gasteiger partial charge < -0.3 is 13.7 Å². The van der Waals surface area contributed by atoms with Gasteiger partial charge in [0.05, 0.1) is 23.0 Å². The summed E-state index contributed by atoms with van der Waals surface area (Å²) in [5.74, 6) is 1.06. The van der Waals surface area contributed by atoms with E-state index >= 15 is 0 Å². The molecule has 4 atom stereocenters. The monoisotopic (exact) mass is 606 g/mol. The van der Waals surface area contributed by atoms with Crippen LogP contribution in [-0.2, 0) is 0 Å². The maximum absolute atomic E-state index is 10.0. The standard InChI is InChI=1S/C43H30N2O2/c44-25-26-14-17-30(39(20-26)45-37-12-6-4-10-31(37)32-11-5-7-13-38(32)45)29-16-19-41-34(22-29)36-23-35-33-21-28(27-8-2-1-3-9-27)15-18-40(33)46-42(35)24-43(36)47-41/h1-13,15-16,18-24,26,30,36,43H,14,17H2. The molecule has 0 radical (unpaired) electrons. The quantitative estimate of drug-likeness (QED) is 0.202. The Morgan fingerprint density at radius 2 is 1.45 bits per heavy atom. The van der Waals surface area contributed by atoms with Crippen molar-refractivity contribution >= 4 is 50.6 Å². The zero-order valence-electron chi connectivity index (χ0n) is 25.6. The minimum atomic E-state index is -0.113. The Morgan fingerprint density at radius 3 is 2.23 bits per heavy atom. The lowest BCUT2D eigenvalue weighted by Gasteiger charge is -2.29. The van der Waals surface area contributed by atoms with Crippen LogP contribution < -0.4 is 15.4 Å². The second-order valence-corrected chi connectivity index (χ2v) is 13.0. The van der Waals surface area contributed by atoms with Gasteiger partial charge in [-0.15, -0.1) is 0 Å². The summed E-state index contributed by atoms with van der Waals surface area (Å²) in [6, 6.07) is 43.5. The molecule has 0 saturated heterocycles. The van der Waals surface area contributed by atoms with E-state index in [9.17, 15) is 5.26 Å². The van der Waals surface area contributed by atoms with Crippen molar-refractivity contribution in [1.29, 1.82) is 5.26 Å². The van der Waals surface area contributed by atoms with Crippen LogP contribution in [0.3, 0.4) is 0 Å². The van der Waals surface area contributed by atoms with Crippen LogP contribution in [0.4, 0.5) is 0 Å². The van der Waals surface area contributed by atoms with Crippen molar-refractivity contribution in [3.8, 4) is 22.9 Å². The highest BCUT2D eigenvalue weighted by atomic mass is 16.5. The number of benzene rings is 5. The van der Waals surface area contributed by atoms with E-state index in [1.807, 2.05) is 6.07 Å². The minimum absolute atomic E-state index is 0.0924. The molecule has 4 unspecified atom stereocenters. The first-order valence-electron chi connectivity index (χ1n) is 16.5.